The third-order valence-electron chi connectivity index (χ3n) is 9.26. The van der Waals surface area contributed by atoms with Crippen LogP contribution in [0.5, 0.6) is 0 Å². The van der Waals surface area contributed by atoms with E-state index >= 15 is 0 Å². The maximum Gasteiger partial charge on any atom is 0.335 e. The van der Waals surface area contributed by atoms with Crippen LogP contribution in [0.15, 0.2) is 66.8 Å². The highest BCUT2D eigenvalue weighted by Gasteiger charge is 2.29. The lowest BCUT2D eigenvalue weighted by Crippen LogP contribution is -2.32. The van der Waals surface area contributed by atoms with Crippen molar-refractivity contribution >= 4 is 11.9 Å². The van der Waals surface area contributed by atoms with Gasteiger partial charge in [0, 0.05) is 11.0 Å². The van der Waals surface area contributed by atoms with Crippen molar-refractivity contribution in [3.63, 3.8) is 0 Å². The predicted octanol–water partition coefficient (Wildman–Crippen LogP) is 8.92. The molecule has 2 aromatic rings. The predicted molar refractivity (Wildman–Crippen MR) is 179 cm³/mol. The van der Waals surface area contributed by atoms with E-state index in [2.05, 4.69) is 69.5 Å². The molecule has 1 saturated carbocycles. The lowest BCUT2D eigenvalue weighted by molar-refractivity contribution is -0.149. The summed E-state index contributed by atoms with van der Waals surface area (Å²) in [6.45, 7) is 14.9. The minimum absolute atomic E-state index is 0.00804. The zero-order valence-corrected chi connectivity index (χ0v) is 27.6. The number of carbonyl (C=O) groups is 2. The van der Waals surface area contributed by atoms with E-state index in [4.69, 9.17) is 9.47 Å². The Morgan fingerprint density at radius 3 is 2.14 bits per heavy atom. The van der Waals surface area contributed by atoms with Crippen LogP contribution in [-0.2, 0) is 31.9 Å². The van der Waals surface area contributed by atoms with Gasteiger partial charge >= 0.3 is 11.9 Å². The Kier molecular flexibility index (Phi) is 13.9. The molecular formula is C39H54O5. The number of aliphatic hydroxyl groups excluding tert-OH is 1. The molecule has 0 saturated heterocycles. The molecule has 0 heterocycles. The number of hydrogen-bond acceptors (Lipinski definition) is 5. The third kappa shape index (κ3) is 10.5. The van der Waals surface area contributed by atoms with Gasteiger partial charge in [-0.05, 0) is 91.5 Å². The number of ether oxygens (including phenoxy) is 2. The molecule has 0 radical (unpaired) electrons. The summed E-state index contributed by atoms with van der Waals surface area (Å²) in [7, 11) is 0. The number of rotatable bonds is 17. The SMILES string of the molecule is C=C(C)C(=O)OCC(C)(CCc1ccc(-c2ccc(C3CCC(CCCCC)CC3)c(CC)c2)cc1)COC(=O)C(=C)CO. The molecule has 0 aromatic heterocycles. The first-order chi connectivity index (χ1) is 21.1. The van der Waals surface area contributed by atoms with Gasteiger partial charge in [-0.3, -0.25) is 0 Å². The number of aryl methyl sites for hydroxylation is 2. The molecule has 1 unspecified atom stereocenters. The smallest absolute Gasteiger partial charge is 0.335 e. The van der Waals surface area contributed by atoms with Gasteiger partial charge in [-0.1, -0.05) is 102 Å². The summed E-state index contributed by atoms with van der Waals surface area (Å²) in [6.07, 6.45) is 13.2. The average molecular weight is 603 g/mol. The molecule has 2 aromatic carbocycles. The van der Waals surface area contributed by atoms with Crippen LogP contribution in [-0.4, -0.2) is 36.9 Å². The molecule has 1 fully saturated rings. The van der Waals surface area contributed by atoms with E-state index in [-0.39, 0.29) is 18.8 Å². The third-order valence-corrected chi connectivity index (χ3v) is 9.26. The van der Waals surface area contributed by atoms with E-state index < -0.39 is 24.0 Å². The van der Waals surface area contributed by atoms with E-state index in [9.17, 15) is 14.7 Å². The zero-order chi connectivity index (χ0) is 32.1. The second-order valence-corrected chi connectivity index (χ2v) is 13.2. The van der Waals surface area contributed by atoms with Crippen molar-refractivity contribution < 1.29 is 24.2 Å². The van der Waals surface area contributed by atoms with Crippen molar-refractivity contribution in [3.8, 4) is 11.1 Å². The molecule has 0 bridgehead atoms. The molecule has 3 rings (SSSR count). The van der Waals surface area contributed by atoms with Gasteiger partial charge in [-0.2, -0.15) is 0 Å². The summed E-state index contributed by atoms with van der Waals surface area (Å²) in [6, 6.07) is 15.7. The highest BCUT2D eigenvalue weighted by atomic mass is 16.5. The zero-order valence-electron chi connectivity index (χ0n) is 27.6. The average Bonchev–Trinajstić information content (AvgIpc) is 3.05. The van der Waals surface area contributed by atoms with Gasteiger partial charge in [0.2, 0.25) is 0 Å². The minimum atomic E-state index is -0.651. The van der Waals surface area contributed by atoms with Gasteiger partial charge in [0.1, 0.15) is 13.2 Å². The second kappa shape index (κ2) is 17.3. The number of unbranched alkanes of at least 4 members (excludes halogenated alkanes) is 2. The van der Waals surface area contributed by atoms with Crippen molar-refractivity contribution in [2.75, 3.05) is 19.8 Å². The minimum Gasteiger partial charge on any atom is -0.462 e. The van der Waals surface area contributed by atoms with E-state index in [0.717, 1.165) is 24.3 Å². The second-order valence-electron chi connectivity index (χ2n) is 13.2. The van der Waals surface area contributed by atoms with Gasteiger partial charge in [0.05, 0.1) is 12.2 Å². The van der Waals surface area contributed by atoms with E-state index in [1.165, 1.54) is 68.1 Å². The normalized spacial score (nSPS) is 17.8. The summed E-state index contributed by atoms with van der Waals surface area (Å²) >= 11 is 0. The van der Waals surface area contributed by atoms with Crippen LogP contribution < -0.4 is 0 Å². The summed E-state index contributed by atoms with van der Waals surface area (Å²) in [5, 5.41) is 9.19. The molecule has 1 aliphatic carbocycles. The largest absolute Gasteiger partial charge is 0.462 e. The maximum atomic E-state index is 12.1. The van der Waals surface area contributed by atoms with Crippen molar-refractivity contribution in [3.05, 3.63) is 83.5 Å². The Morgan fingerprint density at radius 1 is 0.909 bits per heavy atom. The monoisotopic (exact) mass is 602 g/mol. The fraction of sp³-hybridized carbons (Fsp3) is 0.538. The van der Waals surface area contributed by atoms with Crippen LogP contribution >= 0.6 is 0 Å². The molecule has 0 aliphatic heterocycles. The molecule has 1 atom stereocenters. The molecule has 44 heavy (non-hydrogen) atoms. The summed E-state index contributed by atoms with van der Waals surface area (Å²) < 4.78 is 10.9. The van der Waals surface area contributed by atoms with E-state index in [1.807, 2.05) is 6.92 Å². The summed E-state index contributed by atoms with van der Waals surface area (Å²) in [5.74, 6) is 0.487. The quantitative estimate of drug-likeness (QED) is 0.111. The Labute approximate surface area is 265 Å². The van der Waals surface area contributed by atoms with Crippen LogP contribution in [0.2, 0.25) is 0 Å². The van der Waals surface area contributed by atoms with Gasteiger partial charge in [-0.25, -0.2) is 9.59 Å². The standard InChI is InChI=1S/C39H54O5/c1-7-9-10-11-30-14-18-34(19-15-30)36-21-20-35(24-32(36)8-2)33-16-12-31(13-17-33)22-23-39(6,26-43-37(41)28(3)4)27-44-38(42)29(5)25-40/h12-13,16-17,20-21,24,30,34,40H,3,5,7-11,14-15,18-19,22-23,25-27H2,1-2,4,6H3. The molecular weight excluding hydrogens is 548 g/mol. The fourth-order valence-corrected chi connectivity index (χ4v) is 6.20. The van der Waals surface area contributed by atoms with Crippen molar-refractivity contribution in [2.24, 2.45) is 11.3 Å². The maximum absolute atomic E-state index is 12.1. The fourth-order valence-electron chi connectivity index (χ4n) is 6.20. The number of benzene rings is 2. The topological polar surface area (TPSA) is 72.8 Å². The van der Waals surface area contributed by atoms with Crippen LogP contribution in [0.1, 0.15) is 108 Å². The number of aliphatic hydroxyl groups is 1. The molecule has 0 amide bonds. The molecule has 5 nitrogen and oxygen atoms in total. The lowest BCUT2D eigenvalue weighted by atomic mass is 9.75. The Morgan fingerprint density at radius 2 is 1.55 bits per heavy atom. The highest BCUT2D eigenvalue weighted by molar-refractivity contribution is 5.88. The van der Waals surface area contributed by atoms with E-state index in [1.54, 1.807) is 12.5 Å². The van der Waals surface area contributed by atoms with Crippen LogP contribution in [0, 0.1) is 11.3 Å². The first-order valence-corrected chi connectivity index (χ1v) is 16.6. The van der Waals surface area contributed by atoms with E-state index in [0.29, 0.717) is 17.9 Å². The van der Waals surface area contributed by atoms with Crippen LogP contribution in [0.25, 0.3) is 11.1 Å². The summed E-state index contributed by atoms with van der Waals surface area (Å²) in [5.41, 5.74) is 6.32. The molecule has 1 aliphatic rings. The van der Waals surface area contributed by atoms with Crippen LogP contribution in [0.4, 0.5) is 0 Å². The molecule has 240 valence electrons. The molecule has 1 N–H and O–H groups in total. The summed E-state index contributed by atoms with van der Waals surface area (Å²) in [4.78, 5) is 24.2. The molecule has 0 spiro atoms. The number of esters is 2. The van der Waals surface area contributed by atoms with Crippen molar-refractivity contribution in [1.82, 2.24) is 0 Å². The molecule has 5 heteroatoms. The Hall–Kier alpha value is -3.18. The van der Waals surface area contributed by atoms with Gasteiger partial charge in [0.15, 0.2) is 0 Å². The van der Waals surface area contributed by atoms with Gasteiger partial charge in [0.25, 0.3) is 0 Å². The van der Waals surface area contributed by atoms with Crippen LogP contribution in [0.3, 0.4) is 0 Å². The first-order valence-electron chi connectivity index (χ1n) is 16.6. The number of carbonyl (C=O) groups excluding carboxylic acids is 2. The Bertz CT molecular complexity index is 1250. The lowest BCUT2D eigenvalue weighted by Gasteiger charge is -2.30. The Balaban J connectivity index is 1.64. The highest BCUT2D eigenvalue weighted by Crippen LogP contribution is 2.40. The first kappa shape index (κ1) is 35.3. The number of hydrogen-bond donors (Lipinski definition) is 1. The van der Waals surface area contributed by atoms with Crippen molar-refractivity contribution in [1.29, 1.82) is 0 Å². The van der Waals surface area contributed by atoms with Gasteiger partial charge in [-0.15, -0.1) is 0 Å². The van der Waals surface area contributed by atoms with Gasteiger partial charge < -0.3 is 14.6 Å². The van der Waals surface area contributed by atoms with Crippen molar-refractivity contribution in [2.45, 2.75) is 104 Å².